The molecule has 1 N–H and O–H groups in total. The number of hydrogen-bond donors (Lipinski definition) is 1. The lowest BCUT2D eigenvalue weighted by Gasteiger charge is -2.30. The molecule has 0 aromatic heterocycles. The van der Waals surface area contributed by atoms with Gasteiger partial charge in [-0.2, -0.15) is 0 Å². The highest BCUT2D eigenvalue weighted by Gasteiger charge is 2.28. The van der Waals surface area contributed by atoms with Crippen molar-refractivity contribution in [3.05, 3.63) is 29.3 Å². The van der Waals surface area contributed by atoms with E-state index < -0.39 is 23.7 Å². The number of carbonyl (C=O) groups is 2. The minimum absolute atomic E-state index is 0.136. The summed E-state index contributed by atoms with van der Waals surface area (Å²) >= 11 is 5.91. The number of nitrogens with zero attached hydrogens (tertiary/aromatic N) is 1. The van der Waals surface area contributed by atoms with E-state index in [1.807, 2.05) is 20.8 Å². The standard InChI is InChI=1S/C20H31ClN2O4/c1-14(2)11-12-23(19(25)27-20(3,4)5)13-17(18(24)26-6)22-16-9-7-15(21)8-10-16/h7-10,14,17,22H,11-13H2,1-6H3/t17-/m0/s1. The van der Waals surface area contributed by atoms with Gasteiger partial charge in [-0.15, -0.1) is 0 Å². The van der Waals surface area contributed by atoms with E-state index in [2.05, 4.69) is 19.2 Å². The van der Waals surface area contributed by atoms with Gasteiger partial charge < -0.3 is 19.7 Å². The van der Waals surface area contributed by atoms with E-state index in [0.29, 0.717) is 23.2 Å². The smallest absolute Gasteiger partial charge is 0.410 e. The molecule has 0 saturated carbocycles. The lowest BCUT2D eigenvalue weighted by atomic mass is 10.1. The van der Waals surface area contributed by atoms with Crippen LogP contribution in [0, 0.1) is 5.92 Å². The number of esters is 1. The molecule has 1 atom stereocenters. The molecule has 0 saturated heterocycles. The fourth-order valence-electron chi connectivity index (χ4n) is 2.29. The van der Waals surface area contributed by atoms with Crippen LogP contribution in [0.5, 0.6) is 0 Å². The molecule has 0 fully saturated rings. The van der Waals surface area contributed by atoms with Crippen LogP contribution in [0.15, 0.2) is 24.3 Å². The largest absolute Gasteiger partial charge is 0.467 e. The summed E-state index contributed by atoms with van der Waals surface area (Å²) in [5.41, 5.74) is 0.0974. The quantitative estimate of drug-likeness (QED) is 0.649. The minimum Gasteiger partial charge on any atom is -0.467 e. The maximum Gasteiger partial charge on any atom is 0.410 e. The van der Waals surface area contributed by atoms with Crippen LogP contribution in [-0.4, -0.2) is 48.8 Å². The molecule has 1 aromatic carbocycles. The van der Waals surface area contributed by atoms with Gasteiger partial charge in [0, 0.05) is 17.3 Å². The maximum atomic E-state index is 12.6. The van der Waals surface area contributed by atoms with Crippen molar-refractivity contribution in [2.75, 3.05) is 25.5 Å². The van der Waals surface area contributed by atoms with Crippen LogP contribution in [0.1, 0.15) is 41.0 Å². The number of methoxy groups -OCH3 is 1. The van der Waals surface area contributed by atoms with E-state index in [-0.39, 0.29) is 6.54 Å². The number of rotatable bonds is 8. The van der Waals surface area contributed by atoms with Gasteiger partial charge in [-0.3, -0.25) is 0 Å². The molecule has 0 unspecified atom stereocenters. The molecule has 1 rings (SSSR count). The zero-order valence-electron chi connectivity index (χ0n) is 17.0. The van der Waals surface area contributed by atoms with Crippen LogP contribution in [-0.2, 0) is 14.3 Å². The summed E-state index contributed by atoms with van der Waals surface area (Å²) in [7, 11) is 1.32. The molecule has 0 aliphatic heterocycles. The molecular formula is C20H31ClN2O4. The monoisotopic (exact) mass is 398 g/mol. The van der Waals surface area contributed by atoms with Crippen molar-refractivity contribution >= 4 is 29.4 Å². The predicted octanol–water partition coefficient (Wildman–Crippen LogP) is 4.58. The molecule has 7 heteroatoms. The van der Waals surface area contributed by atoms with Gasteiger partial charge in [-0.05, 0) is 57.4 Å². The fraction of sp³-hybridized carbons (Fsp3) is 0.600. The van der Waals surface area contributed by atoms with Gasteiger partial charge in [0.1, 0.15) is 11.6 Å². The Labute approximate surface area is 167 Å². The summed E-state index contributed by atoms with van der Waals surface area (Å²) in [5, 5.41) is 3.71. The second-order valence-corrected chi connectivity index (χ2v) is 8.27. The van der Waals surface area contributed by atoms with E-state index in [9.17, 15) is 9.59 Å². The third-order valence-electron chi connectivity index (χ3n) is 3.70. The van der Waals surface area contributed by atoms with Crippen molar-refractivity contribution < 1.29 is 19.1 Å². The van der Waals surface area contributed by atoms with Crippen molar-refractivity contribution in [2.24, 2.45) is 5.92 Å². The Morgan fingerprint density at radius 3 is 2.26 bits per heavy atom. The molecule has 6 nitrogen and oxygen atoms in total. The molecule has 0 heterocycles. The van der Waals surface area contributed by atoms with Gasteiger partial charge in [0.25, 0.3) is 0 Å². The molecule has 27 heavy (non-hydrogen) atoms. The van der Waals surface area contributed by atoms with E-state index in [1.54, 1.807) is 29.2 Å². The second-order valence-electron chi connectivity index (χ2n) is 7.84. The third kappa shape index (κ3) is 9.00. The highest BCUT2D eigenvalue weighted by molar-refractivity contribution is 6.30. The zero-order valence-corrected chi connectivity index (χ0v) is 17.8. The van der Waals surface area contributed by atoms with E-state index in [1.165, 1.54) is 7.11 Å². The van der Waals surface area contributed by atoms with Gasteiger partial charge in [-0.1, -0.05) is 25.4 Å². The average Bonchev–Trinajstić information content (AvgIpc) is 2.56. The van der Waals surface area contributed by atoms with E-state index in [4.69, 9.17) is 21.1 Å². The topological polar surface area (TPSA) is 67.9 Å². The van der Waals surface area contributed by atoms with Gasteiger partial charge >= 0.3 is 12.1 Å². The maximum absolute atomic E-state index is 12.6. The lowest BCUT2D eigenvalue weighted by Crippen LogP contribution is -2.47. The molecular weight excluding hydrogens is 368 g/mol. The van der Waals surface area contributed by atoms with Crippen LogP contribution in [0.3, 0.4) is 0 Å². The van der Waals surface area contributed by atoms with Crippen molar-refractivity contribution in [1.82, 2.24) is 4.90 Å². The van der Waals surface area contributed by atoms with Crippen LogP contribution >= 0.6 is 11.6 Å². The normalized spacial score (nSPS) is 12.4. The summed E-state index contributed by atoms with van der Waals surface area (Å²) in [6, 6.07) is 6.26. The van der Waals surface area contributed by atoms with Gasteiger partial charge in [0.2, 0.25) is 0 Å². The van der Waals surface area contributed by atoms with Gasteiger partial charge in [-0.25, -0.2) is 9.59 Å². The highest BCUT2D eigenvalue weighted by Crippen LogP contribution is 2.17. The first-order chi connectivity index (χ1) is 12.5. The SMILES string of the molecule is COC(=O)[C@H](CN(CCC(C)C)C(=O)OC(C)(C)C)Nc1ccc(Cl)cc1. The summed E-state index contributed by atoms with van der Waals surface area (Å²) in [4.78, 5) is 26.4. The Bertz CT molecular complexity index is 611. The molecule has 1 aromatic rings. The summed E-state index contributed by atoms with van der Waals surface area (Å²) in [5.74, 6) is -0.0428. The predicted molar refractivity (Wildman–Crippen MR) is 108 cm³/mol. The Hall–Kier alpha value is -1.95. The van der Waals surface area contributed by atoms with Gasteiger partial charge in [0.05, 0.1) is 13.7 Å². The number of anilines is 1. The third-order valence-corrected chi connectivity index (χ3v) is 3.95. The van der Waals surface area contributed by atoms with Crippen molar-refractivity contribution in [1.29, 1.82) is 0 Å². The van der Waals surface area contributed by atoms with E-state index in [0.717, 1.165) is 6.42 Å². The van der Waals surface area contributed by atoms with Crippen LogP contribution < -0.4 is 5.32 Å². The first kappa shape index (κ1) is 23.1. The van der Waals surface area contributed by atoms with Gasteiger partial charge in [0.15, 0.2) is 0 Å². The molecule has 0 spiro atoms. The minimum atomic E-state index is -0.726. The number of carbonyl (C=O) groups excluding carboxylic acids is 2. The fourth-order valence-corrected chi connectivity index (χ4v) is 2.41. The Kier molecular flexibility index (Phi) is 8.89. The first-order valence-corrected chi connectivity index (χ1v) is 9.47. The Balaban J connectivity index is 2.96. The number of ether oxygens (including phenoxy) is 2. The first-order valence-electron chi connectivity index (χ1n) is 9.09. The number of halogens is 1. The number of hydrogen-bond acceptors (Lipinski definition) is 5. The van der Waals surface area contributed by atoms with Crippen LogP contribution in [0.4, 0.5) is 10.5 Å². The Morgan fingerprint density at radius 1 is 1.19 bits per heavy atom. The summed E-state index contributed by atoms with van der Waals surface area (Å²) in [6.45, 7) is 10.2. The Morgan fingerprint density at radius 2 is 1.78 bits per heavy atom. The average molecular weight is 399 g/mol. The molecule has 0 aliphatic carbocycles. The second kappa shape index (κ2) is 10.4. The van der Waals surface area contributed by atoms with Crippen LogP contribution in [0.25, 0.3) is 0 Å². The van der Waals surface area contributed by atoms with Crippen molar-refractivity contribution in [2.45, 2.75) is 52.7 Å². The van der Waals surface area contributed by atoms with Crippen molar-refractivity contribution in [3.8, 4) is 0 Å². The van der Waals surface area contributed by atoms with Crippen molar-refractivity contribution in [3.63, 3.8) is 0 Å². The number of benzene rings is 1. The lowest BCUT2D eigenvalue weighted by molar-refractivity contribution is -0.141. The molecule has 1 amide bonds. The molecule has 0 bridgehead atoms. The molecule has 0 aliphatic rings. The van der Waals surface area contributed by atoms with Crippen LogP contribution in [0.2, 0.25) is 5.02 Å². The zero-order chi connectivity index (χ0) is 20.6. The number of amides is 1. The molecule has 152 valence electrons. The molecule has 0 radical (unpaired) electrons. The highest BCUT2D eigenvalue weighted by atomic mass is 35.5. The van der Waals surface area contributed by atoms with E-state index >= 15 is 0 Å². The summed E-state index contributed by atoms with van der Waals surface area (Å²) in [6.07, 6.45) is 0.351. The summed E-state index contributed by atoms with van der Waals surface area (Å²) < 4.78 is 10.4. The number of nitrogens with one attached hydrogen (secondary N) is 1.